The minimum absolute atomic E-state index is 0.0699. The molecular weight excluding hydrogens is 684 g/mol. The van der Waals surface area contributed by atoms with E-state index < -0.39 is 22.9 Å². The first-order valence-electron chi connectivity index (χ1n) is 19.6. The summed E-state index contributed by atoms with van der Waals surface area (Å²) in [6.07, 6.45) is 4.79. The van der Waals surface area contributed by atoms with Crippen LogP contribution in [-0.2, 0) is 37.3 Å². The van der Waals surface area contributed by atoms with Gasteiger partial charge in [-0.05, 0) is 81.2 Å². The molecule has 4 aromatic rings. The third-order valence-corrected chi connectivity index (χ3v) is 14.4. The largest absolute Gasteiger partial charge is 0.496 e. The van der Waals surface area contributed by atoms with Crippen LogP contribution in [0, 0.1) is 23.2 Å². The lowest BCUT2D eigenvalue weighted by atomic mass is 9.56. The molecule has 2 aromatic heterocycles. The highest BCUT2D eigenvalue weighted by molar-refractivity contribution is 5.95. The number of aromatic nitrogens is 2. The van der Waals surface area contributed by atoms with E-state index in [0.29, 0.717) is 31.6 Å². The number of hydrogen-bond donors (Lipinski definition) is 5. The smallest absolute Gasteiger partial charge is 0.319 e. The normalized spacial score (nSPS) is 34.1. The van der Waals surface area contributed by atoms with Crippen molar-refractivity contribution in [3.8, 4) is 5.75 Å². The number of allylic oxidation sites excluding steroid dienone is 1. The van der Waals surface area contributed by atoms with Crippen LogP contribution in [0.3, 0.4) is 0 Å². The molecular formula is C43H52N4O7. The number of benzene rings is 2. The number of aromatic amines is 2. The van der Waals surface area contributed by atoms with Gasteiger partial charge in [-0.2, -0.15) is 0 Å². The molecule has 11 nitrogen and oxygen atoms in total. The minimum Gasteiger partial charge on any atom is -0.496 e. The summed E-state index contributed by atoms with van der Waals surface area (Å²) in [6.45, 7) is 5.77. The van der Waals surface area contributed by atoms with Crippen molar-refractivity contribution in [3.63, 3.8) is 0 Å². The number of hydrogen-bond acceptors (Lipinski definition) is 9. The van der Waals surface area contributed by atoms with Crippen LogP contribution in [0.4, 0.5) is 0 Å². The van der Waals surface area contributed by atoms with Crippen LogP contribution in [0.5, 0.6) is 5.75 Å². The van der Waals surface area contributed by atoms with Crippen LogP contribution >= 0.6 is 0 Å². The first-order chi connectivity index (χ1) is 26.2. The van der Waals surface area contributed by atoms with Crippen molar-refractivity contribution in [3.05, 3.63) is 76.1 Å². The van der Waals surface area contributed by atoms with Crippen LogP contribution in [0.2, 0.25) is 0 Å². The van der Waals surface area contributed by atoms with Gasteiger partial charge in [0.15, 0.2) is 0 Å². The molecule has 3 saturated heterocycles. The number of aliphatic hydroxyl groups excluding tert-OH is 2. The highest BCUT2D eigenvalue weighted by Crippen LogP contribution is 2.58. The number of para-hydroxylation sites is 1. The number of rotatable bonds is 6. The summed E-state index contributed by atoms with van der Waals surface area (Å²) in [6, 6.07) is 11.9. The summed E-state index contributed by atoms with van der Waals surface area (Å²) in [5.74, 6) is -0.453. The number of nitrogens with one attached hydrogen (secondary N) is 3. The number of carbonyl (C=O) groups is 2. The van der Waals surface area contributed by atoms with Crippen LogP contribution in [-0.4, -0.2) is 103 Å². The van der Waals surface area contributed by atoms with Crippen molar-refractivity contribution in [2.45, 2.75) is 75.5 Å². The zero-order chi connectivity index (χ0) is 37.7. The van der Waals surface area contributed by atoms with Crippen LogP contribution in [0.1, 0.15) is 67.1 Å². The van der Waals surface area contributed by atoms with E-state index in [1.165, 1.54) is 14.2 Å². The maximum absolute atomic E-state index is 14.4. The third kappa shape index (κ3) is 4.67. The number of methoxy groups -OCH3 is 3. The number of carbonyl (C=O) groups excluding carboxylic acids is 2. The molecule has 1 saturated carbocycles. The summed E-state index contributed by atoms with van der Waals surface area (Å²) in [4.78, 5) is 38.8. The maximum atomic E-state index is 14.4. The van der Waals surface area contributed by atoms with Gasteiger partial charge in [-0.25, -0.2) is 0 Å². The Morgan fingerprint density at radius 1 is 1.04 bits per heavy atom. The predicted octanol–water partition coefficient (Wildman–Crippen LogP) is 4.48. The number of fused-ring (bicyclic) bond motifs is 9. The molecule has 11 heteroatoms. The van der Waals surface area contributed by atoms with Gasteiger partial charge < -0.3 is 39.7 Å². The van der Waals surface area contributed by atoms with E-state index in [0.717, 1.165) is 81.4 Å². The monoisotopic (exact) mass is 736 g/mol. The Morgan fingerprint density at radius 2 is 1.83 bits per heavy atom. The van der Waals surface area contributed by atoms with Gasteiger partial charge in [0, 0.05) is 82.7 Å². The van der Waals surface area contributed by atoms with Gasteiger partial charge in [-0.15, -0.1) is 0 Å². The molecule has 4 aliphatic heterocycles. The standard InChI is InChI=1S/C43H52N4O7/c1-6-24-19-44-34-17-29-25-9-7-8-10-32(25)45-36(29)30(16-31(24)43(34,21-48)41(51)54-5)35-33(52-3)12-11-26-27-13-14-47-20-23-15-28(22(2)49)39(47)42(18-23,40(50)53-4)38(27)46-37(26)35/h6-12,22-23,28,30-31,34,39,44-46,48-49H,13-21H2,1-5H3/b24-6+/t22-,23+,28+,30+,31-,34-,39-,42+,43-/m0/s1. The summed E-state index contributed by atoms with van der Waals surface area (Å²) >= 11 is 0. The second-order valence-corrected chi connectivity index (χ2v) is 16.5. The van der Waals surface area contributed by atoms with E-state index in [-0.39, 0.29) is 48.3 Å². The molecule has 10 atom stereocenters. The van der Waals surface area contributed by atoms with E-state index in [9.17, 15) is 19.8 Å². The fourth-order valence-corrected chi connectivity index (χ4v) is 12.2. The number of H-pyrrole nitrogens is 2. The Balaban J connectivity index is 1.34. The van der Waals surface area contributed by atoms with E-state index in [1.807, 2.05) is 32.0 Å². The second kappa shape index (κ2) is 13.0. The lowest BCUT2D eigenvalue weighted by Crippen LogP contribution is -2.68. The predicted molar refractivity (Wildman–Crippen MR) is 205 cm³/mol. The maximum Gasteiger partial charge on any atom is 0.319 e. The van der Waals surface area contributed by atoms with Crippen LogP contribution in [0.25, 0.3) is 21.8 Å². The molecule has 0 radical (unpaired) electrons. The van der Waals surface area contributed by atoms with Crippen LogP contribution < -0.4 is 10.1 Å². The van der Waals surface area contributed by atoms with E-state index in [4.69, 9.17) is 14.2 Å². The molecule has 2 aliphatic carbocycles. The number of esters is 2. The molecule has 10 rings (SSSR count). The fraction of sp³-hybridized carbons (Fsp3) is 0.535. The molecule has 54 heavy (non-hydrogen) atoms. The molecule has 2 aromatic carbocycles. The van der Waals surface area contributed by atoms with Crippen molar-refractivity contribution >= 4 is 33.7 Å². The molecule has 4 fully saturated rings. The average Bonchev–Trinajstić information content (AvgIpc) is 3.73. The van der Waals surface area contributed by atoms with Crippen LogP contribution in [0.15, 0.2) is 48.0 Å². The van der Waals surface area contributed by atoms with Gasteiger partial charge in [0.1, 0.15) is 16.6 Å². The quantitative estimate of drug-likeness (QED) is 0.143. The lowest BCUT2D eigenvalue weighted by molar-refractivity contribution is -0.166. The van der Waals surface area contributed by atoms with Crippen molar-refractivity contribution in [1.82, 2.24) is 20.2 Å². The zero-order valence-electron chi connectivity index (χ0n) is 31.8. The topological polar surface area (TPSA) is 149 Å². The van der Waals surface area contributed by atoms with Gasteiger partial charge in [0.2, 0.25) is 0 Å². The van der Waals surface area contributed by atoms with Crippen molar-refractivity contribution in [2.24, 2.45) is 23.2 Å². The number of ether oxygens (including phenoxy) is 3. The lowest BCUT2D eigenvalue weighted by Gasteiger charge is -2.58. The minimum atomic E-state index is -1.23. The summed E-state index contributed by atoms with van der Waals surface area (Å²) in [5, 5.41) is 28.3. The molecule has 5 N–H and O–H groups in total. The van der Waals surface area contributed by atoms with Crippen molar-refractivity contribution in [2.75, 3.05) is 47.6 Å². The second-order valence-electron chi connectivity index (χ2n) is 16.5. The first kappa shape index (κ1) is 35.5. The molecule has 6 heterocycles. The Hall–Kier alpha value is -4.16. The zero-order valence-corrected chi connectivity index (χ0v) is 31.8. The first-order valence-corrected chi connectivity index (χ1v) is 19.6. The highest BCUT2D eigenvalue weighted by atomic mass is 16.5. The SMILES string of the molecule is C/C=C1\CN[C@H]2Cc3c([nH]c4ccccc34)[C@@H](c3c(OC)ccc4c5c([nH]c34)[C@]3(C(=O)OC)C[C@H]4C[C@H]([C@H](C)O)[C@@H]3N(CC5)C4)C[C@@H]1[C@]2(CO)C(=O)OC. The van der Waals surface area contributed by atoms with Gasteiger partial charge in [0.25, 0.3) is 0 Å². The van der Waals surface area contributed by atoms with Gasteiger partial charge in [-0.1, -0.05) is 29.8 Å². The van der Waals surface area contributed by atoms with E-state index in [2.05, 4.69) is 44.5 Å². The average molecular weight is 737 g/mol. The molecule has 6 bridgehead atoms. The fourth-order valence-electron chi connectivity index (χ4n) is 12.2. The van der Waals surface area contributed by atoms with E-state index in [1.54, 1.807) is 7.11 Å². The highest BCUT2D eigenvalue weighted by Gasteiger charge is 2.64. The molecule has 1 unspecified atom stereocenters. The Bertz CT molecular complexity index is 2190. The third-order valence-electron chi connectivity index (χ3n) is 14.4. The van der Waals surface area contributed by atoms with Crippen molar-refractivity contribution < 1.29 is 34.0 Å². The van der Waals surface area contributed by atoms with Gasteiger partial charge >= 0.3 is 11.9 Å². The molecule has 0 amide bonds. The van der Waals surface area contributed by atoms with Gasteiger partial charge in [-0.3, -0.25) is 14.5 Å². The van der Waals surface area contributed by atoms with Crippen molar-refractivity contribution in [1.29, 1.82) is 0 Å². The van der Waals surface area contributed by atoms with E-state index >= 15 is 0 Å². The number of nitrogens with zero attached hydrogens (tertiary/aromatic N) is 1. The summed E-state index contributed by atoms with van der Waals surface area (Å²) in [7, 11) is 4.58. The summed E-state index contributed by atoms with van der Waals surface area (Å²) < 4.78 is 17.5. The number of piperidine rings is 3. The molecule has 6 aliphatic rings. The Labute approximate surface area is 315 Å². The summed E-state index contributed by atoms with van der Waals surface area (Å²) in [5.41, 5.74) is 5.85. The van der Waals surface area contributed by atoms with Gasteiger partial charge in [0.05, 0.1) is 39.6 Å². The Kier molecular flexibility index (Phi) is 8.53. The molecule has 0 spiro atoms. The number of aliphatic hydroxyl groups is 2. The molecule has 286 valence electrons. The Morgan fingerprint density at radius 3 is 2.56 bits per heavy atom.